The molecule has 0 bridgehead atoms. The predicted molar refractivity (Wildman–Crippen MR) is 117 cm³/mol. The van der Waals surface area contributed by atoms with Gasteiger partial charge in [0.1, 0.15) is 5.82 Å². The standard InChI is InChI=1S/C22H25FN4O4S/c1-13-10-16-12-19(24-27(16)21(28)14(13)2)20-6-4-5-9-26(20)22(29)17-11-15(23)7-8-18(17)25-32(3,30)31/h7-8,11-12,20,25H,4-6,9-10H2,1-3H3/t20-/m0/s1. The maximum Gasteiger partial charge on any atom is 0.274 e. The molecule has 0 aliphatic carbocycles. The lowest BCUT2D eigenvalue weighted by Crippen LogP contribution is -2.39. The van der Waals surface area contributed by atoms with E-state index in [1.54, 1.807) is 11.8 Å². The number of sulfonamides is 1. The smallest absolute Gasteiger partial charge is 0.274 e. The van der Waals surface area contributed by atoms with Gasteiger partial charge in [-0.25, -0.2) is 17.5 Å². The fourth-order valence-corrected chi connectivity index (χ4v) is 4.85. The van der Waals surface area contributed by atoms with Crippen LogP contribution in [0, 0.1) is 5.82 Å². The van der Waals surface area contributed by atoms with E-state index >= 15 is 0 Å². The van der Waals surface area contributed by atoms with Crippen molar-refractivity contribution in [3.8, 4) is 0 Å². The van der Waals surface area contributed by atoms with Crippen LogP contribution in [0.2, 0.25) is 0 Å². The number of piperidine rings is 1. The fraction of sp³-hybridized carbons (Fsp3) is 0.409. The van der Waals surface area contributed by atoms with E-state index in [9.17, 15) is 22.4 Å². The number of fused-ring (bicyclic) bond motifs is 1. The number of nitrogens with zero attached hydrogens (tertiary/aromatic N) is 3. The second-order valence-electron chi connectivity index (χ2n) is 8.43. The first-order valence-electron chi connectivity index (χ1n) is 10.4. The molecule has 2 aliphatic heterocycles. The molecule has 4 rings (SSSR count). The molecule has 0 saturated carbocycles. The zero-order valence-electron chi connectivity index (χ0n) is 18.2. The van der Waals surface area contributed by atoms with Crippen molar-refractivity contribution < 1.29 is 22.4 Å². The van der Waals surface area contributed by atoms with Crippen LogP contribution in [0.1, 0.15) is 65.7 Å². The van der Waals surface area contributed by atoms with Crippen LogP contribution in [0.3, 0.4) is 0 Å². The molecule has 1 atom stereocenters. The van der Waals surface area contributed by atoms with Gasteiger partial charge in [0.15, 0.2) is 0 Å². The molecule has 2 aliphatic rings. The van der Waals surface area contributed by atoms with E-state index in [1.807, 2.05) is 13.0 Å². The van der Waals surface area contributed by atoms with Crippen LogP contribution in [0.5, 0.6) is 0 Å². The summed E-state index contributed by atoms with van der Waals surface area (Å²) in [7, 11) is -3.66. The number of carbonyl (C=O) groups is 2. The van der Waals surface area contributed by atoms with Gasteiger partial charge in [-0.15, -0.1) is 0 Å². The summed E-state index contributed by atoms with van der Waals surface area (Å²) in [6.45, 7) is 4.11. The molecule has 2 aromatic rings. The monoisotopic (exact) mass is 460 g/mol. The van der Waals surface area contributed by atoms with Gasteiger partial charge < -0.3 is 4.90 Å². The Kier molecular flexibility index (Phi) is 5.66. The van der Waals surface area contributed by atoms with Crippen molar-refractivity contribution in [2.45, 2.75) is 45.6 Å². The summed E-state index contributed by atoms with van der Waals surface area (Å²) >= 11 is 0. The lowest BCUT2D eigenvalue weighted by atomic mass is 9.96. The first kappa shape index (κ1) is 22.2. The second-order valence-corrected chi connectivity index (χ2v) is 10.2. The molecule has 1 aromatic carbocycles. The van der Waals surface area contributed by atoms with Gasteiger partial charge in [-0.1, -0.05) is 5.57 Å². The minimum Gasteiger partial charge on any atom is -0.330 e. The van der Waals surface area contributed by atoms with Crippen LogP contribution in [0.15, 0.2) is 35.4 Å². The van der Waals surface area contributed by atoms with Crippen molar-refractivity contribution in [3.63, 3.8) is 0 Å². The third-order valence-electron chi connectivity index (χ3n) is 6.01. The largest absolute Gasteiger partial charge is 0.330 e. The molecule has 3 heterocycles. The maximum atomic E-state index is 14.0. The molecule has 1 saturated heterocycles. The summed E-state index contributed by atoms with van der Waals surface area (Å²) in [5.74, 6) is -1.29. The van der Waals surface area contributed by atoms with E-state index in [1.165, 1.54) is 10.7 Å². The van der Waals surface area contributed by atoms with E-state index in [-0.39, 0.29) is 17.2 Å². The molecular weight excluding hydrogens is 435 g/mol. The number of allylic oxidation sites excluding steroid dienone is 2. The van der Waals surface area contributed by atoms with Crippen molar-refractivity contribution in [1.29, 1.82) is 0 Å². The topological polar surface area (TPSA) is 101 Å². The highest BCUT2D eigenvalue weighted by atomic mass is 32.2. The molecular formula is C22H25FN4O4S. The molecule has 1 amide bonds. The quantitative estimate of drug-likeness (QED) is 0.755. The summed E-state index contributed by atoms with van der Waals surface area (Å²) in [5.41, 5.74) is 3.00. The Bertz CT molecular complexity index is 1250. The van der Waals surface area contributed by atoms with E-state index in [4.69, 9.17) is 0 Å². The zero-order chi connectivity index (χ0) is 23.2. The molecule has 1 N–H and O–H groups in total. The van der Waals surface area contributed by atoms with Crippen LogP contribution in [0.25, 0.3) is 0 Å². The van der Waals surface area contributed by atoms with Gasteiger partial charge in [0.2, 0.25) is 10.0 Å². The predicted octanol–water partition coefficient (Wildman–Crippen LogP) is 3.29. The number of aromatic nitrogens is 2. The van der Waals surface area contributed by atoms with Crippen LogP contribution in [-0.2, 0) is 16.4 Å². The molecule has 1 fully saturated rings. The zero-order valence-corrected chi connectivity index (χ0v) is 19.0. The number of hydrogen-bond donors (Lipinski definition) is 1. The summed E-state index contributed by atoms with van der Waals surface area (Å²) in [5, 5.41) is 4.52. The third-order valence-corrected chi connectivity index (χ3v) is 6.60. The van der Waals surface area contributed by atoms with Crippen LogP contribution in [-0.4, -0.2) is 47.7 Å². The van der Waals surface area contributed by atoms with Crippen LogP contribution in [0.4, 0.5) is 10.1 Å². The highest BCUT2D eigenvalue weighted by molar-refractivity contribution is 7.92. The Morgan fingerprint density at radius 2 is 1.97 bits per heavy atom. The fourth-order valence-electron chi connectivity index (χ4n) is 4.27. The Balaban J connectivity index is 1.70. The Morgan fingerprint density at radius 1 is 1.22 bits per heavy atom. The van der Waals surface area contributed by atoms with Crippen molar-refractivity contribution in [1.82, 2.24) is 14.7 Å². The molecule has 170 valence electrons. The van der Waals surface area contributed by atoms with Gasteiger partial charge >= 0.3 is 0 Å². The number of carbonyl (C=O) groups excluding carboxylic acids is 2. The number of rotatable bonds is 4. The van der Waals surface area contributed by atoms with Crippen molar-refractivity contribution in [3.05, 3.63) is 58.2 Å². The van der Waals surface area contributed by atoms with E-state index in [0.29, 0.717) is 30.7 Å². The average Bonchev–Trinajstić information content (AvgIpc) is 3.16. The van der Waals surface area contributed by atoms with E-state index < -0.39 is 27.8 Å². The number of hydrogen-bond acceptors (Lipinski definition) is 5. The summed E-state index contributed by atoms with van der Waals surface area (Å²) in [4.78, 5) is 27.7. The lowest BCUT2D eigenvalue weighted by Gasteiger charge is -2.35. The summed E-state index contributed by atoms with van der Waals surface area (Å²) in [6, 6.07) is 4.85. The highest BCUT2D eigenvalue weighted by Crippen LogP contribution is 2.34. The first-order valence-corrected chi connectivity index (χ1v) is 12.3. The van der Waals surface area contributed by atoms with Crippen LogP contribution >= 0.6 is 0 Å². The molecule has 0 unspecified atom stereocenters. The second kappa shape index (κ2) is 8.16. The van der Waals surface area contributed by atoms with Gasteiger partial charge in [0, 0.05) is 18.5 Å². The van der Waals surface area contributed by atoms with Crippen molar-refractivity contribution >= 4 is 27.5 Å². The van der Waals surface area contributed by atoms with E-state index in [0.717, 1.165) is 42.5 Å². The number of halogens is 1. The third kappa shape index (κ3) is 4.19. The number of benzene rings is 1. The molecule has 1 aromatic heterocycles. The molecule has 32 heavy (non-hydrogen) atoms. The minimum absolute atomic E-state index is 0.0259. The SMILES string of the molecule is CC1=C(C)C(=O)n2nc([C@@H]3CCCCN3C(=O)c3cc(F)ccc3NS(C)(=O)=O)cc2C1. The molecule has 0 radical (unpaired) electrons. The van der Waals surface area contributed by atoms with Gasteiger partial charge in [0.25, 0.3) is 11.8 Å². The number of nitrogens with one attached hydrogen (secondary N) is 1. The molecule has 0 spiro atoms. The normalized spacial score (nSPS) is 19.2. The number of anilines is 1. The summed E-state index contributed by atoms with van der Waals surface area (Å²) in [6.07, 6.45) is 3.86. The van der Waals surface area contributed by atoms with Crippen molar-refractivity contribution in [2.75, 3.05) is 17.5 Å². The first-order chi connectivity index (χ1) is 15.0. The molecule has 8 nitrogen and oxygen atoms in total. The highest BCUT2D eigenvalue weighted by Gasteiger charge is 2.34. The Hall–Kier alpha value is -3.01. The van der Waals surface area contributed by atoms with Gasteiger partial charge in [0.05, 0.1) is 34.9 Å². The molecule has 10 heteroatoms. The van der Waals surface area contributed by atoms with Crippen LogP contribution < -0.4 is 4.72 Å². The minimum atomic E-state index is -3.66. The van der Waals surface area contributed by atoms with Gasteiger partial charge in [-0.3, -0.25) is 14.3 Å². The number of likely N-dealkylation sites (tertiary alicyclic amines) is 1. The average molecular weight is 461 g/mol. The maximum absolute atomic E-state index is 14.0. The van der Waals surface area contributed by atoms with Gasteiger partial charge in [-0.05, 0) is 57.4 Å². The Labute approximate surface area is 186 Å². The Morgan fingerprint density at radius 3 is 2.69 bits per heavy atom. The van der Waals surface area contributed by atoms with Crippen molar-refractivity contribution in [2.24, 2.45) is 0 Å². The van der Waals surface area contributed by atoms with E-state index in [2.05, 4.69) is 9.82 Å². The number of amides is 1. The lowest BCUT2D eigenvalue weighted by molar-refractivity contribution is 0.0606. The summed E-state index contributed by atoms with van der Waals surface area (Å²) < 4.78 is 41.2. The van der Waals surface area contributed by atoms with Gasteiger partial charge in [-0.2, -0.15) is 5.10 Å².